The Balaban J connectivity index is 2.12. The van der Waals surface area contributed by atoms with Crippen LogP contribution in [-0.2, 0) is 4.84 Å². The molecule has 64 valence electrons. The van der Waals surface area contributed by atoms with Gasteiger partial charge in [0.2, 0.25) is 0 Å². The number of nitrogens with zero attached hydrogens (tertiary/aromatic N) is 1. The third-order valence-corrected chi connectivity index (χ3v) is 1.80. The van der Waals surface area contributed by atoms with Crippen molar-refractivity contribution in [1.82, 2.24) is 5.06 Å². The van der Waals surface area contributed by atoms with Crippen molar-refractivity contribution < 1.29 is 9.94 Å². The van der Waals surface area contributed by atoms with Crippen molar-refractivity contribution in [2.45, 2.75) is 18.9 Å². The first-order chi connectivity index (χ1) is 5.33. The first-order valence-corrected chi connectivity index (χ1v) is 3.99. The van der Waals surface area contributed by atoms with Gasteiger partial charge < -0.3 is 5.11 Å². The van der Waals surface area contributed by atoms with Gasteiger partial charge in [-0.2, -0.15) is 5.06 Å². The van der Waals surface area contributed by atoms with Gasteiger partial charge in [0.05, 0.1) is 12.7 Å². The highest BCUT2D eigenvalue weighted by molar-refractivity contribution is 4.68. The zero-order chi connectivity index (χ0) is 8.10. The maximum absolute atomic E-state index is 9.15. The number of aliphatic hydroxyl groups excluding tert-OH is 1. The Morgan fingerprint density at radius 1 is 1.55 bits per heavy atom. The third kappa shape index (κ3) is 3.01. The SMILES string of the molecule is C=CCON1CCC(O)CC1. The highest BCUT2D eigenvalue weighted by Crippen LogP contribution is 2.09. The molecule has 0 aromatic rings. The smallest absolute Gasteiger partial charge is 0.0864 e. The molecule has 1 rings (SSSR count). The first kappa shape index (κ1) is 8.71. The quantitative estimate of drug-likeness (QED) is 0.608. The monoisotopic (exact) mass is 157 g/mol. The number of rotatable bonds is 3. The zero-order valence-electron chi connectivity index (χ0n) is 6.70. The van der Waals surface area contributed by atoms with Gasteiger partial charge in [-0.15, -0.1) is 6.58 Å². The van der Waals surface area contributed by atoms with Crippen molar-refractivity contribution >= 4 is 0 Å². The molecule has 3 nitrogen and oxygen atoms in total. The van der Waals surface area contributed by atoms with E-state index < -0.39 is 0 Å². The molecular weight excluding hydrogens is 142 g/mol. The van der Waals surface area contributed by atoms with E-state index in [-0.39, 0.29) is 6.10 Å². The molecule has 1 aliphatic rings. The minimum Gasteiger partial charge on any atom is -0.393 e. The predicted octanol–water partition coefficient (Wildman–Crippen LogP) is 0.561. The van der Waals surface area contributed by atoms with E-state index in [4.69, 9.17) is 9.94 Å². The van der Waals surface area contributed by atoms with Gasteiger partial charge in [0, 0.05) is 13.1 Å². The summed E-state index contributed by atoms with van der Waals surface area (Å²) in [6, 6.07) is 0. The molecule has 0 bridgehead atoms. The lowest BCUT2D eigenvalue weighted by Gasteiger charge is -2.27. The van der Waals surface area contributed by atoms with Crippen molar-refractivity contribution in [3.05, 3.63) is 12.7 Å². The van der Waals surface area contributed by atoms with E-state index in [1.54, 1.807) is 6.08 Å². The fourth-order valence-electron chi connectivity index (χ4n) is 1.13. The molecule has 0 aromatic carbocycles. The van der Waals surface area contributed by atoms with Crippen LogP contribution in [0.2, 0.25) is 0 Å². The summed E-state index contributed by atoms with van der Waals surface area (Å²) in [4.78, 5) is 5.28. The van der Waals surface area contributed by atoms with Gasteiger partial charge >= 0.3 is 0 Å². The van der Waals surface area contributed by atoms with Crippen LogP contribution >= 0.6 is 0 Å². The fourth-order valence-corrected chi connectivity index (χ4v) is 1.13. The average molecular weight is 157 g/mol. The molecule has 1 N–H and O–H groups in total. The van der Waals surface area contributed by atoms with E-state index in [0.717, 1.165) is 25.9 Å². The van der Waals surface area contributed by atoms with Crippen molar-refractivity contribution in [3.63, 3.8) is 0 Å². The molecule has 1 fully saturated rings. The van der Waals surface area contributed by atoms with E-state index in [0.29, 0.717) is 6.61 Å². The van der Waals surface area contributed by atoms with Crippen LogP contribution in [0.25, 0.3) is 0 Å². The van der Waals surface area contributed by atoms with Gasteiger partial charge in [-0.05, 0) is 12.8 Å². The van der Waals surface area contributed by atoms with Crippen LogP contribution in [0.1, 0.15) is 12.8 Å². The van der Waals surface area contributed by atoms with Crippen molar-refractivity contribution in [2.24, 2.45) is 0 Å². The first-order valence-electron chi connectivity index (χ1n) is 3.99. The Morgan fingerprint density at radius 2 is 2.18 bits per heavy atom. The summed E-state index contributed by atoms with van der Waals surface area (Å²) < 4.78 is 0. The second-order valence-corrected chi connectivity index (χ2v) is 2.74. The lowest BCUT2D eigenvalue weighted by molar-refractivity contribution is -0.169. The van der Waals surface area contributed by atoms with Crippen molar-refractivity contribution in [1.29, 1.82) is 0 Å². The summed E-state index contributed by atoms with van der Waals surface area (Å²) >= 11 is 0. The normalized spacial score (nSPS) is 21.9. The van der Waals surface area contributed by atoms with E-state index in [1.807, 2.05) is 5.06 Å². The summed E-state index contributed by atoms with van der Waals surface area (Å²) in [7, 11) is 0. The molecule has 11 heavy (non-hydrogen) atoms. The number of hydroxylamine groups is 2. The molecule has 1 aliphatic heterocycles. The standard InChI is InChI=1S/C8H15NO2/c1-2-7-11-9-5-3-8(10)4-6-9/h2,8,10H,1,3-7H2. The number of hydrogen-bond acceptors (Lipinski definition) is 3. The second kappa shape index (κ2) is 4.49. The Bertz CT molecular complexity index is 119. The third-order valence-electron chi connectivity index (χ3n) is 1.80. The van der Waals surface area contributed by atoms with Crippen LogP contribution in [-0.4, -0.2) is 36.0 Å². The van der Waals surface area contributed by atoms with Crippen LogP contribution in [0.4, 0.5) is 0 Å². The summed E-state index contributed by atoms with van der Waals surface area (Å²) in [5, 5.41) is 11.0. The molecule has 0 aliphatic carbocycles. The van der Waals surface area contributed by atoms with E-state index in [9.17, 15) is 0 Å². The molecule has 0 radical (unpaired) electrons. The highest BCUT2D eigenvalue weighted by atomic mass is 16.7. The summed E-state index contributed by atoms with van der Waals surface area (Å²) in [6.07, 6.45) is 3.23. The number of aliphatic hydroxyl groups is 1. The Kier molecular flexibility index (Phi) is 3.56. The molecule has 0 unspecified atom stereocenters. The number of piperidine rings is 1. The fraction of sp³-hybridized carbons (Fsp3) is 0.750. The Hall–Kier alpha value is -0.380. The largest absolute Gasteiger partial charge is 0.393 e. The van der Waals surface area contributed by atoms with Crippen LogP contribution in [0.3, 0.4) is 0 Å². The van der Waals surface area contributed by atoms with Gasteiger partial charge in [0.15, 0.2) is 0 Å². The van der Waals surface area contributed by atoms with Gasteiger partial charge in [-0.3, -0.25) is 4.84 Å². The molecule has 1 saturated heterocycles. The van der Waals surface area contributed by atoms with Crippen LogP contribution in [0.15, 0.2) is 12.7 Å². The molecule has 1 heterocycles. The highest BCUT2D eigenvalue weighted by Gasteiger charge is 2.16. The zero-order valence-corrected chi connectivity index (χ0v) is 6.70. The maximum Gasteiger partial charge on any atom is 0.0864 e. The van der Waals surface area contributed by atoms with E-state index in [2.05, 4.69) is 6.58 Å². The van der Waals surface area contributed by atoms with Gasteiger partial charge in [0.25, 0.3) is 0 Å². The van der Waals surface area contributed by atoms with Crippen LogP contribution in [0.5, 0.6) is 0 Å². The number of hydrogen-bond donors (Lipinski definition) is 1. The van der Waals surface area contributed by atoms with Gasteiger partial charge in [-0.25, -0.2) is 0 Å². The summed E-state index contributed by atoms with van der Waals surface area (Å²) in [6.45, 7) is 5.78. The molecule has 0 amide bonds. The maximum atomic E-state index is 9.15. The summed E-state index contributed by atoms with van der Waals surface area (Å²) in [5.74, 6) is 0. The summed E-state index contributed by atoms with van der Waals surface area (Å²) in [5.41, 5.74) is 0. The van der Waals surface area contributed by atoms with Crippen LogP contribution < -0.4 is 0 Å². The van der Waals surface area contributed by atoms with E-state index in [1.165, 1.54) is 0 Å². The molecular formula is C8H15NO2. The van der Waals surface area contributed by atoms with Gasteiger partial charge in [-0.1, -0.05) is 6.08 Å². The predicted molar refractivity (Wildman–Crippen MR) is 43.0 cm³/mol. The molecule has 3 heteroatoms. The van der Waals surface area contributed by atoms with Gasteiger partial charge in [0.1, 0.15) is 0 Å². The lowest BCUT2D eigenvalue weighted by atomic mass is 10.1. The molecule has 0 aromatic heterocycles. The van der Waals surface area contributed by atoms with Crippen LogP contribution in [0, 0.1) is 0 Å². The van der Waals surface area contributed by atoms with Crippen molar-refractivity contribution in [3.8, 4) is 0 Å². The molecule has 0 saturated carbocycles. The molecule has 0 spiro atoms. The minimum absolute atomic E-state index is 0.126. The second-order valence-electron chi connectivity index (χ2n) is 2.74. The Labute approximate surface area is 67.2 Å². The van der Waals surface area contributed by atoms with Crippen molar-refractivity contribution in [2.75, 3.05) is 19.7 Å². The lowest BCUT2D eigenvalue weighted by Crippen LogP contribution is -2.35. The average Bonchev–Trinajstić information content (AvgIpc) is 2.04. The Morgan fingerprint density at radius 3 is 2.73 bits per heavy atom. The molecule has 0 atom stereocenters. The van der Waals surface area contributed by atoms with E-state index >= 15 is 0 Å². The topological polar surface area (TPSA) is 32.7 Å². The minimum atomic E-state index is -0.126.